The predicted octanol–water partition coefficient (Wildman–Crippen LogP) is 2.17. The number of anilines is 1. The molecule has 2 aromatic rings. The molecule has 1 aliphatic rings. The molecule has 0 atom stereocenters. The van der Waals surface area contributed by atoms with Crippen LogP contribution in [0.5, 0.6) is 0 Å². The highest BCUT2D eigenvalue weighted by molar-refractivity contribution is 5.70. The molecule has 5 heteroatoms. The summed E-state index contributed by atoms with van der Waals surface area (Å²) < 4.78 is 1.92. The summed E-state index contributed by atoms with van der Waals surface area (Å²) in [6, 6.07) is 2.14. The van der Waals surface area contributed by atoms with Crippen molar-refractivity contribution in [3.05, 3.63) is 24.2 Å². The van der Waals surface area contributed by atoms with Crippen molar-refractivity contribution >= 4 is 11.3 Å². The zero-order chi connectivity index (χ0) is 14.3. The van der Waals surface area contributed by atoms with Gasteiger partial charge in [-0.05, 0) is 18.4 Å². The van der Waals surface area contributed by atoms with Crippen molar-refractivity contribution in [3.63, 3.8) is 0 Å². The predicted molar refractivity (Wildman–Crippen MR) is 81.1 cm³/mol. The number of hydrogen-bond acceptors (Lipinski definition) is 4. The molecule has 0 aromatic carbocycles. The maximum absolute atomic E-state index is 6.35. The first kappa shape index (κ1) is 13.4. The Hall–Kier alpha value is -1.62. The average Bonchev–Trinajstić information content (AvgIpc) is 2.80. The Morgan fingerprint density at radius 2 is 2.15 bits per heavy atom. The second-order valence-corrected chi connectivity index (χ2v) is 6.27. The minimum Gasteiger partial charge on any atom is -0.351 e. The summed E-state index contributed by atoms with van der Waals surface area (Å²) in [6.07, 6.45) is 5.93. The average molecular weight is 273 g/mol. The van der Waals surface area contributed by atoms with E-state index in [0.29, 0.717) is 5.92 Å². The van der Waals surface area contributed by atoms with Gasteiger partial charge in [-0.1, -0.05) is 27.2 Å². The van der Waals surface area contributed by atoms with E-state index >= 15 is 0 Å². The summed E-state index contributed by atoms with van der Waals surface area (Å²) in [4.78, 5) is 6.80. The lowest BCUT2D eigenvalue weighted by molar-refractivity contribution is 0.306. The number of fused-ring (bicyclic) bond motifs is 1. The fraction of sp³-hybridized carbons (Fsp3) is 0.600. The summed E-state index contributed by atoms with van der Waals surface area (Å²) in [5.74, 6) is 1.43. The van der Waals surface area contributed by atoms with Crippen molar-refractivity contribution in [3.8, 4) is 0 Å². The number of nitrogens with two attached hydrogens (primary N) is 1. The summed E-state index contributed by atoms with van der Waals surface area (Å²) in [6.45, 7) is 8.27. The van der Waals surface area contributed by atoms with Gasteiger partial charge in [0.25, 0.3) is 0 Å². The van der Waals surface area contributed by atoms with E-state index in [1.807, 2.05) is 16.9 Å². The van der Waals surface area contributed by atoms with Crippen molar-refractivity contribution in [2.45, 2.75) is 45.1 Å². The van der Waals surface area contributed by atoms with Gasteiger partial charge in [0, 0.05) is 25.5 Å². The van der Waals surface area contributed by atoms with Crippen molar-refractivity contribution in [1.82, 2.24) is 14.6 Å². The van der Waals surface area contributed by atoms with Gasteiger partial charge in [0.15, 0.2) is 5.82 Å². The van der Waals surface area contributed by atoms with Gasteiger partial charge in [-0.3, -0.25) is 0 Å². The molecular weight excluding hydrogens is 250 g/mol. The Morgan fingerprint density at radius 1 is 1.40 bits per heavy atom. The molecule has 20 heavy (non-hydrogen) atoms. The van der Waals surface area contributed by atoms with Crippen LogP contribution in [0, 0.1) is 0 Å². The highest BCUT2D eigenvalue weighted by Gasteiger charge is 2.39. The topological polar surface area (TPSA) is 59.5 Å². The summed E-state index contributed by atoms with van der Waals surface area (Å²) in [5.41, 5.74) is 8.49. The van der Waals surface area contributed by atoms with Gasteiger partial charge in [-0.15, -0.1) is 0 Å². The largest absolute Gasteiger partial charge is 0.351 e. The number of aromatic nitrogens is 3. The molecule has 1 aliphatic heterocycles. The van der Waals surface area contributed by atoms with Crippen LogP contribution in [-0.4, -0.2) is 33.2 Å². The molecule has 0 saturated carbocycles. The third-order valence-corrected chi connectivity index (χ3v) is 4.04. The first-order valence-electron chi connectivity index (χ1n) is 7.40. The van der Waals surface area contributed by atoms with E-state index < -0.39 is 0 Å². The van der Waals surface area contributed by atoms with E-state index in [1.54, 1.807) is 0 Å². The lowest BCUT2D eigenvalue weighted by Gasteiger charge is -2.48. The quantitative estimate of drug-likeness (QED) is 0.927. The monoisotopic (exact) mass is 273 g/mol. The molecule has 1 fully saturated rings. The van der Waals surface area contributed by atoms with Crippen LogP contribution in [0.15, 0.2) is 18.5 Å². The van der Waals surface area contributed by atoms with E-state index in [2.05, 4.69) is 41.8 Å². The van der Waals surface area contributed by atoms with Gasteiger partial charge >= 0.3 is 0 Å². The molecule has 1 saturated heterocycles. The molecule has 3 heterocycles. The molecule has 0 amide bonds. The molecule has 0 unspecified atom stereocenters. The lowest BCUT2D eigenvalue weighted by atomic mass is 9.86. The Bertz CT molecular complexity index is 610. The second kappa shape index (κ2) is 4.74. The summed E-state index contributed by atoms with van der Waals surface area (Å²) >= 11 is 0. The lowest BCUT2D eigenvalue weighted by Crippen LogP contribution is -2.67. The standard InChI is InChI=1S/C15H23N5/c1-4-5-15(16)9-19(10-15)14-13-8-12(11(2)3)18-20(13)7-6-17-14/h6-8,11H,4-5,9-10,16H2,1-3H3. The molecule has 0 bridgehead atoms. The Labute approximate surface area is 119 Å². The van der Waals surface area contributed by atoms with Gasteiger partial charge in [0.05, 0.1) is 11.2 Å². The summed E-state index contributed by atoms with van der Waals surface area (Å²) in [7, 11) is 0. The van der Waals surface area contributed by atoms with Crippen molar-refractivity contribution in [2.24, 2.45) is 5.73 Å². The molecule has 2 aromatic heterocycles. The van der Waals surface area contributed by atoms with E-state index in [-0.39, 0.29) is 5.54 Å². The Kier molecular flexibility index (Phi) is 3.17. The smallest absolute Gasteiger partial charge is 0.154 e. The van der Waals surface area contributed by atoms with Gasteiger partial charge in [0.1, 0.15) is 5.52 Å². The van der Waals surface area contributed by atoms with Crippen LogP contribution in [0.4, 0.5) is 5.82 Å². The third kappa shape index (κ3) is 2.16. The van der Waals surface area contributed by atoms with E-state index in [1.165, 1.54) is 0 Å². The Balaban J connectivity index is 1.89. The molecule has 0 spiro atoms. The number of nitrogens with zero attached hydrogens (tertiary/aromatic N) is 4. The highest BCUT2D eigenvalue weighted by Crippen LogP contribution is 2.31. The van der Waals surface area contributed by atoms with E-state index in [4.69, 9.17) is 5.73 Å². The van der Waals surface area contributed by atoms with Crippen molar-refractivity contribution < 1.29 is 0 Å². The van der Waals surface area contributed by atoms with Crippen LogP contribution in [0.3, 0.4) is 0 Å². The SMILES string of the molecule is CCCC1(N)CN(c2nccn3nc(C(C)C)cc23)C1. The third-order valence-electron chi connectivity index (χ3n) is 4.04. The molecule has 2 N–H and O–H groups in total. The number of hydrogen-bond donors (Lipinski definition) is 1. The van der Waals surface area contributed by atoms with Crippen LogP contribution < -0.4 is 10.6 Å². The zero-order valence-electron chi connectivity index (χ0n) is 12.5. The minimum absolute atomic E-state index is 0.0375. The van der Waals surface area contributed by atoms with Crippen molar-refractivity contribution in [2.75, 3.05) is 18.0 Å². The molecule has 5 nitrogen and oxygen atoms in total. The maximum atomic E-state index is 6.35. The Morgan fingerprint density at radius 3 is 2.80 bits per heavy atom. The van der Waals surface area contributed by atoms with Gasteiger partial charge in [0.2, 0.25) is 0 Å². The van der Waals surface area contributed by atoms with E-state index in [9.17, 15) is 0 Å². The van der Waals surface area contributed by atoms with Crippen molar-refractivity contribution in [1.29, 1.82) is 0 Å². The fourth-order valence-corrected chi connectivity index (χ4v) is 2.97. The van der Waals surface area contributed by atoms with Gasteiger partial charge in [-0.2, -0.15) is 5.10 Å². The second-order valence-electron chi connectivity index (χ2n) is 6.27. The molecule has 3 rings (SSSR count). The first-order chi connectivity index (χ1) is 9.52. The van der Waals surface area contributed by atoms with E-state index in [0.717, 1.165) is 43.0 Å². The normalized spacial score (nSPS) is 17.8. The zero-order valence-corrected chi connectivity index (χ0v) is 12.5. The summed E-state index contributed by atoms with van der Waals surface area (Å²) in [5, 5.41) is 4.61. The van der Waals surface area contributed by atoms with Crippen LogP contribution >= 0.6 is 0 Å². The minimum atomic E-state index is -0.0375. The molecular formula is C15H23N5. The molecule has 0 radical (unpaired) electrons. The van der Waals surface area contributed by atoms with Crippen LogP contribution in [0.25, 0.3) is 5.52 Å². The van der Waals surface area contributed by atoms with Gasteiger partial charge in [-0.25, -0.2) is 9.50 Å². The molecule has 108 valence electrons. The maximum Gasteiger partial charge on any atom is 0.154 e. The molecule has 0 aliphatic carbocycles. The first-order valence-corrected chi connectivity index (χ1v) is 7.40. The highest BCUT2D eigenvalue weighted by atomic mass is 15.3. The van der Waals surface area contributed by atoms with Crippen LogP contribution in [0.2, 0.25) is 0 Å². The van der Waals surface area contributed by atoms with Crippen LogP contribution in [0.1, 0.15) is 45.2 Å². The van der Waals surface area contributed by atoms with Crippen LogP contribution in [-0.2, 0) is 0 Å². The number of rotatable bonds is 4. The fourth-order valence-electron chi connectivity index (χ4n) is 2.97. The van der Waals surface area contributed by atoms with Gasteiger partial charge < -0.3 is 10.6 Å².